The Balaban J connectivity index is 1.90. The Morgan fingerprint density at radius 1 is 1.46 bits per heavy atom. The maximum atomic E-state index is 15.0. The fourth-order valence-corrected chi connectivity index (χ4v) is 3.52. The molecule has 1 aliphatic rings. The number of aliphatic hydroxyl groups excluding tert-OH is 1. The van der Waals surface area contributed by atoms with E-state index in [4.69, 9.17) is 20.3 Å². The van der Waals surface area contributed by atoms with Crippen LogP contribution in [0.5, 0.6) is 0 Å². The lowest BCUT2D eigenvalue weighted by Gasteiger charge is -2.28. The molecule has 2 aromatic heterocycles. The van der Waals surface area contributed by atoms with E-state index in [9.17, 15) is 9.67 Å². The first-order chi connectivity index (χ1) is 11.3. The molecule has 0 unspecified atom stereocenters. The van der Waals surface area contributed by atoms with Gasteiger partial charge < -0.3 is 25.4 Å². The Morgan fingerprint density at radius 3 is 2.88 bits per heavy atom. The number of nitrogens with zero attached hydrogens (tertiary/aromatic N) is 4. The van der Waals surface area contributed by atoms with Crippen molar-refractivity contribution in [3.8, 4) is 0 Å². The number of anilines is 1. The molecule has 10 nitrogen and oxygen atoms in total. The van der Waals surface area contributed by atoms with Gasteiger partial charge in [-0.2, -0.15) is 0 Å². The summed E-state index contributed by atoms with van der Waals surface area (Å²) in [5.74, 6) is 0.141. The number of imidazole rings is 1. The Labute approximate surface area is 135 Å². The summed E-state index contributed by atoms with van der Waals surface area (Å²) in [6, 6.07) is 0. The summed E-state index contributed by atoms with van der Waals surface area (Å²) in [6.07, 6.45) is -1.07. The molecule has 0 spiro atoms. The molecule has 132 valence electrons. The highest BCUT2D eigenvalue weighted by Gasteiger charge is 2.51. The van der Waals surface area contributed by atoms with Crippen LogP contribution in [0.4, 0.5) is 10.2 Å². The summed E-state index contributed by atoms with van der Waals surface area (Å²) in [5, 5.41) is 9.61. The van der Waals surface area contributed by atoms with Gasteiger partial charge in [0.2, 0.25) is 0 Å². The van der Waals surface area contributed by atoms with Gasteiger partial charge in [-0.15, -0.1) is 0 Å². The van der Waals surface area contributed by atoms with Gasteiger partial charge in [0.25, 0.3) is 0 Å². The Bertz CT molecular complexity index is 797. The van der Waals surface area contributed by atoms with Gasteiger partial charge >= 0.3 is 7.60 Å². The topological polar surface area (TPSA) is 157 Å². The summed E-state index contributed by atoms with van der Waals surface area (Å²) < 4.78 is 32.9. The van der Waals surface area contributed by atoms with E-state index in [1.807, 2.05) is 0 Å². The molecular formula is C12H17FN5O5P. The fraction of sp³-hybridized carbons (Fsp3) is 0.583. The largest absolute Gasteiger partial charge is 0.396 e. The van der Waals surface area contributed by atoms with Crippen molar-refractivity contribution in [2.24, 2.45) is 5.41 Å². The van der Waals surface area contributed by atoms with Crippen LogP contribution in [-0.4, -0.2) is 60.0 Å². The van der Waals surface area contributed by atoms with Crippen molar-refractivity contribution in [1.29, 1.82) is 0 Å². The zero-order valence-corrected chi connectivity index (χ0v) is 13.4. The SMILES string of the molecule is Nc1ncnc2c1ncn2[C@@H]1OC[C@](CO)(CCP(=O)(O)O)[C@@H]1F. The molecular weight excluding hydrogens is 344 g/mol. The number of aromatic nitrogens is 4. The van der Waals surface area contributed by atoms with Crippen LogP contribution in [0.2, 0.25) is 0 Å². The second-order valence-electron chi connectivity index (χ2n) is 5.85. The molecule has 24 heavy (non-hydrogen) atoms. The van der Waals surface area contributed by atoms with Crippen LogP contribution in [0.15, 0.2) is 12.7 Å². The number of hydrogen-bond donors (Lipinski definition) is 4. The molecule has 12 heteroatoms. The molecule has 3 rings (SSSR count). The van der Waals surface area contributed by atoms with Gasteiger partial charge in [-0.1, -0.05) is 0 Å². The van der Waals surface area contributed by atoms with Crippen LogP contribution in [0.25, 0.3) is 11.2 Å². The molecule has 1 saturated heterocycles. The molecule has 1 aliphatic heterocycles. The zero-order valence-electron chi connectivity index (χ0n) is 12.5. The minimum Gasteiger partial charge on any atom is -0.396 e. The van der Waals surface area contributed by atoms with Crippen molar-refractivity contribution in [2.75, 3.05) is 25.1 Å². The molecule has 5 N–H and O–H groups in total. The molecule has 0 saturated carbocycles. The van der Waals surface area contributed by atoms with E-state index in [-0.39, 0.29) is 24.5 Å². The van der Waals surface area contributed by atoms with Gasteiger partial charge in [0, 0.05) is 0 Å². The number of nitrogen functional groups attached to an aromatic ring is 1. The van der Waals surface area contributed by atoms with Gasteiger partial charge in [0.15, 0.2) is 23.9 Å². The van der Waals surface area contributed by atoms with Crippen LogP contribution in [0.3, 0.4) is 0 Å². The number of alkyl halides is 1. The number of halogens is 1. The Kier molecular flexibility index (Phi) is 4.30. The van der Waals surface area contributed by atoms with E-state index in [1.165, 1.54) is 17.2 Å². The minimum absolute atomic E-state index is 0.141. The lowest BCUT2D eigenvalue weighted by Crippen LogP contribution is -2.37. The normalized spacial score (nSPS) is 27.8. The number of hydrogen-bond acceptors (Lipinski definition) is 7. The smallest absolute Gasteiger partial charge is 0.325 e. The van der Waals surface area contributed by atoms with Gasteiger partial charge in [0.05, 0.1) is 31.1 Å². The quantitative estimate of drug-likeness (QED) is 0.530. The third-order valence-corrected chi connectivity index (χ3v) is 5.06. The van der Waals surface area contributed by atoms with Gasteiger partial charge in [-0.3, -0.25) is 9.13 Å². The number of fused-ring (bicyclic) bond motifs is 1. The van der Waals surface area contributed by atoms with Crippen LogP contribution >= 0.6 is 7.60 Å². The second-order valence-corrected chi connectivity index (χ2v) is 7.62. The summed E-state index contributed by atoms with van der Waals surface area (Å²) in [4.78, 5) is 29.9. The maximum absolute atomic E-state index is 15.0. The van der Waals surface area contributed by atoms with Gasteiger partial charge in [0.1, 0.15) is 11.8 Å². The first-order valence-electron chi connectivity index (χ1n) is 7.11. The average molecular weight is 361 g/mol. The van der Waals surface area contributed by atoms with Crippen molar-refractivity contribution in [3.63, 3.8) is 0 Å². The highest BCUT2D eigenvalue weighted by molar-refractivity contribution is 7.51. The first-order valence-corrected chi connectivity index (χ1v) is 8.91. The lowest BCUT2D eigenvalue weighted by atomic mass is 9.83. The van der Waals surface area contributed by atoms with Crippen LogP contribution in [0.1, 0.15) is 12.6 Å². The van der Waals surface area contributed by atoms with Crippen LogP contribution in [-0.2, 0) is 9.30 Å². The van der Waals surface area contributed by atoms with E-state index in [2.05, 4.69) is 15.0 Å². The Morgan fingerprint density at radius 2 is 2.21 bits per heavy atom. The summed E-state index contributed by atoms with van der Waals surface area (Å²) in [5.41, 5.74) is 4.86. The average Bonchev–Trinajstić information content (AvgIpc) is 3.08. The number of rotatable bonds is 5. The van der Waals surface area contributed by atoms with E-state index >= 15 is 4.39 Å². The third-order valence-electron chi connectivity index (χ3n) is 4.25. The predicted octanol–water partition coefficient (Wildman–Crippen LogP) is -0.178. The molecule has 0 radical (unpaired) electrons. The van der Waals surface area contributed by atoms with Crippen molar-refractivity contribution >= 4 is 24.6 Å². The van der Waals surface area contributed by atoms with E-state index in [0.29, 0.717) is 5.52 Å². The Hall–Kier alpha value is -1.65. The van der Waals surface area contributed by atoms with E-state index < -0.39 is 38.2 Å². The summed E-state index contributed by atoms with van der Waals surface area (Å²) in [7, 11) is -4.32. The second kappa shape index (κ2) is 6.01. The number of aliphatic hydroxyl groups is 1. The standard InChI is InChI=1S/C12H17FN5O5P/c13-8-11(18-6-17-7-9(14)15-5-16-10(7)18)23-4-12(8,3-19)1-2-24(20,21)22/h5-6,8,11,19H,1-4H2,(H2,14,15,16)(H2,20,21,22)/t8-,11-,12-/m1/s1. The summed E-state index contributed by atoms with van der Waals surface area (Å²) in [6.45, 7) is -0.788. The van der Waals surface area contributed by atoms with Gasteiger partial charge in [-0.25, -0.2) is 19.3 Å². The monoisotopic (exact) mass is 361 g/mol. The summed E-state index contributed by atoms with van der Waals surface area (Å²) >= 11 is 0. The van der Waals surface area contributed by atoms with E-state index in [0.717, 1.165) is 0 Å². The van der Waals surface area contributed by atoms with Crippen molar-refractivity contribution in [1.82, 2.24) is 19.5 Å². The molecule has 2 aromatic rings. The molecule has 0 bridgehead atoms. The molecule has 0 aromatic carbocycles. The molecule has 0 amide bonds. The number of nitrogens with two attached hydrogens (primary N) is 1. The van der Waals surface area contributed by atoms with Crippen LogP contribution in [0, 0.1) is 5.41 Å². The van der Waals surface area contributed by atoms with Crippen molar-refractivity contribution in [3.05, 3.63) is 12.7 Å². The first kappa shape index (κ1) is 17.2. The molecule has 3 heterocycles. The number of ether oxygens (including phenoxy) is 1. The maximum Gasteiger partial charge on any atom is 0.325 e. The highest BCUT2D eigenvalue weighted by Crippen LogP contribution is 2.47. The molecule has 1 fully saturated rings. The zero-order chi connectivity index (χ0) is 17.5. The molecule has 3 atom stereocenters. The highest BCUT2D eigenvalue weighted by atomic mass is 31.2. The molecule has 0 aliphatic carbocycles. The van der Waals surface area contributed by atoms with Crippen molar-refractivity contribution in [2.45, 2.75) is 18.8 Å². The lowest BCUT2D eigenvalue weighted by molar-refractivity contribution is 0.0225. The van der Waals surface area contributed by atoms with Crippen molar-refractivity contribution < 1.29 is 28.6 Å². The van der Waals surface area contributed by atoms with Crippen LogP contribution < -0.4 is 5.73 Å². The minimum atomic E-state index is -4.32. The fourth-order valence-electron chi connectivity index (χ4n) is 2.79. The predicted molar refractivity (Wildman–Crippen MR) is 80.7 cm³/mol. The van der Waals surface area contributed by atoms with E-state index in [1.54, 1.807) is 0 Å². The van der Waals surface area contributed by atoms with Gasteiger partial charge in [-0.05, 0) is 6.42 Å². The third kappa shape index (κ3) is 2.89.